The lowest BCUT2D eigenvalue weighted by Crippen LogP contribution is -2.47. The molecule has 12 nitrogen and oxygen atoms in total. The standard InChI is InChI=1S/C41H47N7O5/c1-3-47(21-22-48(4-2)40(51)29-17-19-43-20-18-29)35-16-15-32(26-33(35)45-39(50)37-25-31-11-7-8-12-36(31)53-37)44-41(52)46-34(38(42)49)24-27-13-14-28-9-5-6-10-30(28)23-27/h5-16,23,25-26,29,34,43H,3-4,17-22,24H2,1-2H3,(H2,42,49)(H,45,50)(H2,44,46,52). The number of para-hydroxylation sites is 1. The van der Waals surface area contributed by atoms with Gasteiger partial charge in [0.1, 0.15) is 11.6 Å². The van der Waals surface area contributed by atoms with Crippen molar-refractivity contribution in [1.82, 2.24) is 15.5 Å². The second-order valence-electron chi connectivity index (χ2n) is 13.3. The number of hydrogen-bond donors (Lipinski definition) is 5. The number of anilines is 3. The first-order valence-electron chi connectivity index (χ1n) is 18.2. The average molecular weight is 718 g/mol. The summed E-state index contributed by atoms with van der Waals surface area (Å²) in [4.78, 5) is 56.7. The number of urea groups is 1. The highest BCUT2D eigenvalue weighted by atomic mass is 16.3. The number of nitrogens with zero attached hydrogens (tertiary/aromatic N) is 2. The molecule has 1 aliphatic rings. The smallest absolute Gasteiger partial charge is 0.319 e. The number of carbonyl (C=O) groups excluding carboxylic acids is 4. The Kier molecular flexibility index (Phi) is 11.9. The predicted molar refractivity (Wildman–Crippen MR) is 209 cm³/mol. The van der Waals surface area contributed by atoms with Crippen LogP contribution >= 0.6 is 0 Å². The molecule has 1 unspecified atom stereocenters. The van der Waals surface area contributed by atoms with Gasteiger partial charge in [-0.25, -0.2) is 4.79 Å². The number of benzene rings is 4. The minimum absolute atomic E-state index is 0.0168. The first-order valence-corrected chi connectivity index (χ1v) is 18.2. The fraction of sp³-hybridized carbons (Fsp3) is 0.317. The summed E-state index contributed by atoms with van der Waals surface area (Å²) in [6.07, 6.45) is 1.87. The van der Waals surface area contributed by atoms with Crippen molar-refractivity contribution in [3.63, 3.8) is 0 Å². The van der Waals surface area contributed by atoms with Crippen molar-refractivity contribution in [2.75, 3.05) is 54.8 Å². The highest BCUT2D eigenvalue weighted by Gasteiger charge is 2.26. The summed E-state index contributed by atoms with van der Waals surface area (Å²) < 4.78 is 5.84. The third-order valence-electron chi connectivity index (χ3n) is 9.80. The van der Waals surface area contributed by atoms with Gasteiger partial charge in [-0.15, -0.1) is 0 Å². The van der Waals surface area contributed by atoms with Crippen LogP contribution in [0.1, 0.15) is 42.8 Å². The van der Waals surface area contributed by atoms with Crippen molar-refractivity contribution in [3.8, 4) is 0 Å². The first kappa shape index (κ1) is 36.9. The van der Waals surface area contributed by atoms with Gasteiger partial charge < -0.3 is 41.2 Å². The van der Waals surface area contributed by atoms with Crippen LogP contribution in [-0.4, -0.2) is 74.0 Å². The van der Waals surface area contributed by atoms with E-state index >= 15 is 0 Å². The largest absolute Gasteiger partial charge is 0.451 e. The van der Waals surface area contributed by atoms with Gasteiger partial charge in [0.15, 0.2) is 5.76 Å². The second kappa shape index (κ2) is 17.1. The van der Waals surface area contributed by atoms with Crippen LogP contribution in [0.25, 0.3) is 21.7 Å². The van der Waals surface area contributed by atoms with Gasteiger partial charge in [-0.05, 0) is 86.4 Å². The quantitative estimate of drug-likeness (QED) is 0.0980. The van der Waals surface area contributed by atoms with E-state index in [0.29, 0.717) is 48.8 Å². The molecule has 6 rings (SSSR count). The Hall–Kier alpha value is -5.88. The van der Waals surface area contributed by atoms with Gasteiger partial charge >= 0.3 is 6.03 Å². The highest BCUT2D eigenvalue weighted by molar-refractivity contribution is 6.07. The summed E-state index contributed by atoms with van der Waals surface area (Å²) in [5.74, 6) is -0.799. The number of piperidine rings is 1. The number of furan rings is 1. The third kappa shape index (κ3) is 9.14. The maximum Gasteiger partial charge on any atom is 0.319 e. The molecule has 0 saturated carbocycles. The van der Waals surface area contributed by atoms with E-state index in [1.54, 1.807) is 24.3 Å². The summed E-state index contributed by atoms with van der Waals surface area (Å²) >= 11 is 0. The van der Waals surface area contributed by atoms with Crippen molar-refractivity contribution >= 4 is 62.6 Å². The fourth-order valence-corrected chi connectivity index (χ4v) is 6.86. The van der Waals surface area contributed by atoms with E-state index in [1.165, 1.54) is 0 Å². The van der Waals surface area contributed by atoms with Crippen molar-refractivity contribution in [2.45, 2.75) is 39.2 Å². The average Bonchev–Trinajstić information content (AvgIpc) is 3.62. The van der Waals surface area contributed by atoms with Crippen molar-refractivity contribution in [2.24, 2.45) is 11.7 Å². The van der Waals surface area contributed by atoms with Crippen molar-refractivity contribution in [1.29, 1.82) is 0 Å². The molecule has 2 heterocycles. The monoisotopic (exact) mass is 717 g/mol. The van der Waals surface area contributed by atoms with Crippen molar-refractivity contribution in [3.05, 3.63) is 102 Å². The normalized spacial score (nSPS) is 13.7. The zero-order valence-electron chi connectivity index (χ0n) is 30.2. The summed E-state index contributed by atoms with van der Waals surface area (Å²) in [7, 11) is 0. The minimum atomic E-state index is -0.965. The lowest BCUT2D eigenvalue weighted by molar-refractivity contribution is -0.136. The second-order valence-corrected chi connectivity index (χ2v) is 13.3. The molecule has 276 valence electrons. The molecule has 1 saturated heterocycles. The van der Waals surface area contributed by atoms with E-state index in [2.05, 4.69) is 26.2 Å². The summed E-state index contributed by atoms with van der Waals surface area (Å²) in [5, 5.41) is 14.7. The minimum Gasteiger partial charge on any atom is -0.451 e. The Labute approximate surface area is 309 Å². The van der Waals surface area contributed by atoms with Gasteiger partial charge in [0.2, 0.25) is 11.8 Å². The topological polar surface area (TPSA) is 162 Å². The van der Waals surface area contributed by atoms with Crippen LogP contribution in [0, 0.1) is 5.92 Å². The zero-order chi connectivity index (χ0) is 37.3. The van der Waals surface area contributed by atoms with Gasteiger partial charge in [-0.3, -0.25) is 14.4 Å². The zero-order valence-corrected chi connectivity index (χ0v) is 30.2. The Morgan fingerprint density at radius 3 is 2.28 bits per heavy atom. The number of carbonyl (C=O) groups is 4. The Balaban J connectivity index is 1.20. The first-order chi connectivity index (χ1) is 25.7. The summed E-state index contributed by atoms with van der Waals surface area (Å²) in [6, 6.07) is 26.4. The molecule has 4 aromatic carbocycles. The van der Waals surface area contributed by atoms with Crippen LogP contribution in [-0.2, 0) is 16.0 Å². The highest BCUT2D eigenvalue weighted by Crippen LogP contribution is 2.31. The maximum absolute atomic E-state index is 13.6. The molecule has 53 heavy (non-hydrogen) atoms. The van der Waals surface area contributed by atoms with E-state index in [4.69, 9.17) is 10.2 Å². The van der Waals surface area contributed by atoms with E-state index in [0.717, 1.165) is 47.7 Å². The van der Waals surface area contributed by atoms with Gasteiger partial charge in [0, 0.05) is 49.6 Å². The van der Waals surface area contributed by atoms with E-state index in [-0.39, 0.29) is 24.0 Å². The van der Waals surface area contributed by atoms with Gasteiger partial charge in [-0.2, -0.15) is 0 Å². The van der Waals surface area contributed by atoms with Gasteiger partial charge in [-0.1, -0.05) is 60.7 Å². The number of likely N-dealkylation sites (N-methyl/N-ethyl adjacent to an activating group) is 2. The molecule has 0 spiro atoms. The molecule has 12 heteroatoms. The molecule has 5 amide bonds. The van der Waals surface area contributed by atoms with Gasteiger partial charge in [0.25, 0.3) is 5.91 Å². The van der Waals surface area contributed by atoms with Crippen LogP contribution in [0.2, 0.25) is 0 Å². The van der Waals surface area contributed by atoms with E-state index < -0.39 is 23.9 Å². The Bertz CT molecular complexity index is 2060. The number of amides is 5. The molecular weight excluding hydrogens is 670 g/mol. The third-order valence-corrected chi connectivity index (χ3v) is 9.80. The Morgan fingerprint density at radius 1 is 0.830 bits per heavy atom. The molecule has 0 aliphatic carbocycles. The summed E-state index contributed by atoms with van der Waals surface area (Å²) in [6.45, 7) is 7.91. The molecule has 0 radical (unpaired) electrons. The van der Waals surface area contributed by atoms with Crippen LogP contribution in [0.5, 0.6) is 0 Å². The van der Waals surface area contributed by atoms with Crippen LogP contribution in [0.3, 0.4) is 0 Å². The van der Waals surface area contributed by atoms with E-state index in [9.17, 15) is 19.2 Å². The van der Waals surface area contributed by atoms with E-state index in [1.807, 2.05) is 85.5 Å². The predicted octanol–water partition coefficient (Wildman–Crippen LogP) is 5.73. The molecule has 1 fully saturated rings. The van der Waals surface area contributed by atoms with Gasteiger partial charge in [0.05, 0.1) is 11.4 Å². The van der Waals surface area contributed by atoms with Crippen LogP contribution in [0.15, 0.2) is 95.4 Å². The number of primary amides is 1. The molecule has 6 N–H and O–H groups in total. The Morgan fingerprint density at radius 2 is 1.57 bits per heavy atom. The van der Waals surface area contributed by atoms with Crippen LogP contribution < -0.4 is 31.9 Å². The number of nitrogens with two attached hydrogens (primary N) is 1. The number of rotatable bonds is 14. The van der Waals surface area contributed by atoms with Crippen molar-refractivity contribution < 1.29 is 23.6 Å². The molecule has 1 aromatic heterocycles. The number of nitrogens with one attached hydrogen (secondary N) is 4. The SMILES string of the molecule is CCN(CCN(CC)c1ccc(NC(=O)NC(Cc2ccc3ccccc3c2)C(N)=O)cc1NC(=O)c1cc2ccccc2o1)C(=O)C1CCNCC1. The lowest BCUT2D eigenvalue weighted by Gasteiger charge is -2.32. The molecule has 0 bridgehead atoms. The van der Waals surface area contributed by atoms with Crippen LogP contribution in [0.4, 0.5) is 21.9 Å². The molecular formula is C41H47N7O5. The molecule has 5 aromatic rings. The summed E-state index contributed by atoms with van der Waals surface area (Å²) in [5.41, 5.74) is 8.69. The number of fused-ring (bicyclic) bond motifs is 2. The fourth-order valence-electron chi connectivity index (χ4n) is 6.86. The molecule has 1 aliphatic heterocycles. The number of hydrogen-bond acceptors (Lipinski definition) is 7. The lowest BCUT2D eigenvalue weighted by atomic mass is 9.96. The maximum atomic E-state index is 13.6. The molecule has 1 atom stereocenters.